The van der Waals surface area contributed by atoms with Crippen LogP contribution in [0.4, 0.5) is 0 Å². The molecule has 3 heteroatoms. The Bertz CT molecular complexity index is 83.1. The van der Waals surface area contributed by atoms with Crippen molar-refractivity contribution in [2.45, 2.75) is 31.9 Å². The number of aliphatic hydroxyl groups excluding tert-OH is 2. The monoisotopic (exact) mass is 133 g/mol. The van der Waals surface area contributed by atoms with Crippen LogP contribution >= 0.6 is 0 Å². The lowest BCUT2D eigenvalue weighted by atomic mass is 9.95. The molecule has 0 saturated heterocycles. The Kier molecular flexibility index (Phi) is 3.11. The van der Waals surface area contributed by atoms with Gasteiger partial charge in [0.1, 0.15) is 0 Å². The van der Waals surface area contributed by atoms with Crippen LogP contribution in [0.1, 0.15) is 20.3 Å². The SMILES string of the molecule is CCC(O)C(C)(N)CO. The minimum Gasteiger partial charge on any atom is -0.394 e. The zero-order valence-electron chi connectivity index (χ0n) is 5.96. The van der Waals surface area contributed by atoms with Crippen molar-refractivity contribution in [1.82, 2.24) is 0 Å². The van der Waals surface area contributed by atoms with E-state index in [0.29, 0.717) is 6.42 Å². The molecule has 2 atom stereocenters. The lowest BCUT2D eigenvalue weighted by Crippen LogP contribution is -2.50. The Labute approximate surface area is 55.5 Å². The van der Waals surface area contributed by atoms with Crippen LogP contribution in [0.25, 0.3) is 0 Å². The molecule has 0 aliphatic carbocycles. The van der Waals surface area contributed by atoms with Gasteiger partial charge in [0.25, 0.3) is 0 Å². The summed E-state index contributed by atoms with van der Waals surface area (Å²) in [5.74, 6) is 0. The molecule has 0 rings (SSSR count). The molecule has 0 aromatic carbocycles. The highest BCUT2D eigenvalue weighted by atomic mass is 16.3. The van der Waals surface area contributed by atoms with Crippen molar-refractivity contribution in [3.05, 3.63) is 0 Å². The van der Waals surface area contributed by atoms with Gasteiger partial charge >= 0.3 is 0 Å². The third-order valence-corrected chi connectivity index (χ3v) is 1.49. The summed E-state index contributed by atoms with van der Waals surface area (Å²) < 4.78 is 0. The van der Waals surface area contributed by atoms with Crippen molar-refractivity contribution in [2.75, 3.05) is 6.61 Å². The van der Waals surface area contributed by atoms with Crippen LogP contribution in [-0.4, -0.2) is 28.5 Å². The molecule has 0 aromatic rings. The third kappa shape index (κ3) is 2.30. The van der Waals surface area contributed by atoms with E-state index in [2.05, 4.69) is 0 Å². The fraction of sp³-hybridized carbons (Fsp3) is 1.00. The lowest BCUT2D eigenvalue weighted by Gasteiger charge is -2.26. The van der Waals surface area contributed by atoms with Crippen molar-refractivity contribution in [2.24, 2.45) is 5.73 Å². The lowest BCUT2D eigenvalue weighted by molar-refractivity contribution is 0.0511. The van der Waals surface area contributed by atoms with Crippen LogP contribution in [0.2, 0.25) is 0 Å². The summed E-state index contributed by atoms with van der Waals surface area (Å²) in [5.41, 5.74) is 4.63. The van der Waals surface area contributed by atoms with E-state index >= 15 is 0 Å². The van der Waals surface area contributed by atoms with E-state index < -0.39 is 11.6 Å². The smallest absolute Gasteiger partial charge is 0.0736 e. The van der Waals surface area contributed by atoms with Gasteiger partial charge < -0.3 is 15.9 Å². The maximum atomic E-state index is 9.10. The summed E-state index contributed by atoms with van der Waals surface area (Å²) in [6.07, 6.45) is -0.0319. The number of aliphatic hydroxyl groups is 2. The molecule has 0 heterocycles. The van der Waals surface area contributed by atoms with Crippen molar-refractivity contribution >= 4 is 0 Å². The van der Waals surface area contributed by atoms with E-state index in [-0.39, 0.29) is 6.61 Å². The van der Waals surface area contributed by atoms with Crippen LogP contribution in [0, 0.1) is 0 Å². The van der Waals surface area contributed by atoms with Crippen molar-refractivity contribution in [1.29, 1.82) is 0 Å². The fourth-order valence-electron chi connectivity index (χ4n) is 0.572. The first-order valence-electron chi connectivity index (χ1n) is 3.12. The number of hydrogen-bond acceptors (Lipinski definition) is 3. The molecule has 0 saturated carbocycles. The van der Waals surface area contributed by atoms with Gasteiger partial charge in [-0.05, 0) is 13.3 Å². The van der Waals surface area contributed by atoms with Gasteiger partial charge in [0.2, 0.25) is 0 Å². The van der Waals surface area contributed by atoms with E-state index in [9.17, 15) is 0 Å². The molecule has 0 radical (unpaired) electrons. The summed E-state index contributed by atoms with van der Waals surface area (Å²) in [6, 6.07) is 0. The van der Waals surface area contributed by atoms with E-state index in [4.69, 9.17) is 15.9 Å². The molecule has 9 heavy (non-hydrogen) atoms. The summed E-state index contributed by atoms with van der Waals surface area (Å²) in [6.45, 7) is 3.27. The van der Waals surface area contributed by atoms with E-state index in [0.717, 1.165) is 0 Å². The second kappa shape index (κ2) is 3.15. The summed E-state index contributed by atoms with van der Waals surface area (Å²) in [4.78, 5) is 0. The summed E-state index contributed by atoms with van der Waals surface area (Å²) >= 11 is 0. The zero-order chi connectivity index (χ0) is 7.49. The summed E-state index contributed by atoms with van der Waals surface area (Å²) in [5, 5.41) is 17.7. The maximum absolute atomic E-state index is 9.10. The molecular formula is C6H15NO2. The van der Waals surface area contributed by atoms with Gasteiger partial charge in [0.15, 0.2) is 0 Å². The highest BCUT2D eigenvalue weighted by Gasteiger charge is 2.25. The Hall–Kier alpha value is -0.120. The van der Waals surface area contributed by atoms with Crippen LogP contribution in [0.5, 0.6) is 0 Å². The number of rotatable bonds is 3. The maximum Gasteiger partial charge on any atom is 0.0736 e. The minimum atomic E-state index is -0.839. The molecule has 2 unspecified atom stereocenters. The Morgan fingerprint density at radius 3 is 2.22 bits per heavy atom. The summed E-state index contributed by atoms with van der Waals surface area (Å²) in [7, 11) is 0. The molecule has 56 valence electrons. The molecule has 0 bridgehead atoms. The molecule has 3 nitrogen and oxygen atoms in total. The largest absolute Gasteiger partial charge is 0.394 e. The Balaban J connectivity index is 3.80. The highest BCUT2D eigenvalue weighted by molar-refractivity contribution is 4.84. The second-order valence-corrected chi connectivity index (χ2v) is 2.59. The van der Waals surface area contributed by atoms with E-state index in [1.165, 1.54) is 0 Å². The predicted octanol–water partition coefficient (Wildman–Crippen LogP) is -0.533. The number of hydrogen-bond donors (Lipinski definition) is 3. The highest BCUT2D eigenvalue weighted by Crippen LogP contribution is 2.07. The first-order chi connectivity index (χ1) is 4.04. The molecule has 0 amide bonds. The topological polar surface area (TPSA) is 66.5 Å². The molecule has 0 aromatic heterocycles. The van der Waals surface area contributed by atoms with Gasteiger partial charge in [0.05, 0.1) is 18.2 Å². The van der Waals surface area contributed by atoms with Crippen LogP contribution < -0.4 is 5.73 Å². The number of nitrogens with two attached hydrogens (primary N) is 1. The quantitative estimate of drug-likeness (QED) is 0.484. The minimum absolute atomic E-state index is 0.179. The van der Waals surface area contributed by atoms with Crippen molar-refractivity contribution < 1.29 is 10.2 Å². The van der Waals surface area contributed by atoms with Gasteiger partial charge in [-0.3, -0.25) is 0 Å². The zero-order valence-corrected chi connectivity index (χ0v) is 5.96. The first kappa shape index (κ1) is 8.88. The van der Waals surface area contributed by atoms with Crippen molar-refractivity contribution in [3.8, 4) is 0 Å². The molecule has 0 spiro atoms. The first-order valence-corrected chi connectivity index (χ1v) is 3.12. The van der Waals surface area contributed by atoms with E-state index in [1.54, 1.807) is 6.92 Å². The van der Waals surface area contributed by atoms with Crippen LogP contribution in [-0.2, 0) is 0 Å². The predicted molar refractivity (Wildman–Crippen MR) is 36.0 cm³/mol. The average molecular weight is 133 g/mol. The van der Waals surface area contributed by atoms with Gasteiger partial charge in [-0.2, -0.15) is 0 Å². The normalized spacial score (nSPS) is 21.0. The molecule has 0 fully saturated rings. The molecule has 0 aliphatic rings. The standard InChI is InChI=1S/C6H15NO2/c1-3-5(9)6(2,7)4-8/h5,8-9H,3-4,7H2,1-2H3. The van der Waals surface area contributed by atoms with Crippen molar-refractivity contribution in [3.63, 3.8) is 0 Å². The van der Waals surface area contributed by atoms with Crippen LogP contribution in [0.15, 0.2) is 0 Å². The average Bonchev–Trinajstić information content (AvgIpc) is 1.86. The molecule has 0 aliphatic heterocycles. The third-order valence-electron chi connectivity index (χ3n) is 1.49. The molecular weight excluding hydrogens is 118 g/mol. The van der Waals surface area contributed by atoms with Gasteiger partial charge in [0, 0.05) is 0 Å². The van der Waals surface area contributed by atoms with Gasteiger partial charge in [-0.25, -0.2) is 0 Å². The fourth-order valence-corrected chi connectivity index (χ4v) is 0.572. The van der Waals surface area contributed by atoms with Crippen LogP contribution in [0.3, 0.4) is 0 Å². The Morgan fingerprint density at radius 2 is 2.11 bits per heavy atom. The van der Waals surface area contributed by atoms with Gasteiger partial charge in [-0.15, -0.1) is 0 Å². The second-order valence-electron chi connectivity index (χ2n) is 2.59. The Morgan fingerprint density at radius 1 is 1.67 bits per heavy atom. The molecule has 4 N–H and O–H groups in total. The van der Waals surface area contributed by atoms with E-state index in [1.807, 2.05) is 6.92 Å². The van der Waals surface area contributed by atoms with Gasteiger partial charge in [-0.1, -0.05) is 6.92 Å².